The number of methoxy groups -OCH3 is 2. The van der Waals surface area contributed by atoms with Crippen LogP contribution in [-0.4, -0.2) is 59.1 Å². The Morgan fingerprint density at radius 1 is 0.849 bits per heavy atom. The van der Waals surface area contributed by atoms with Crippen LogP contribution in [0.15, 0.2) is 54.6 Å². The van der Waals surface area contributed by atoms with Crippen LogP contribution in [0.5, 0.6) is 17.2 Å². The van der Waals surface area contributed by atoms with Crippen LogP contribution in [0.25, 0.3) is 0 Å². The second-order valence-corrected chi connectivity index (χ2v) is 13.9. The van der Waals surface area contributed by atoms with Gasteiger partial charge in [-0.25, -0.2) is 0 Å². The lowest BCUT2D eigenvalue weighted by Crippen LogP contribution is -2.40. The fourth-order valence-electron chi connectivity index (χ4n) is 6.78. The molecule has 0 N–H and O–H groups in total. The fourth-order valence-corrected chi connectivity index (χ4v) is 6.78. The first-order valence-electron chi connectivity index (χ1n) is 18.7. The minimum atomic E-state index is -5.51. The minimum absolute atomic E-state index is 0.144. The van der Waals surface area contributed by atoms with E-state index in [9.17, 15) is 26.7 Å². The Balaban J connectivity index is 1.49. The summed E-state index contributed by atoms with van der Waals surface area (Å²) in [6, 6.07) is 14.0. The van der Waals surface area contributed by atoms with Gasteiger partial charge in [0.1, 0.15) is 17.2 Å². The number of carbonyl (C=O) groups excluding carboxylic acids is 1. The van der Waals surface area contributed by atoms with E-state index >= 15 is 0 Å². The van der Waals surface area contributed by atoms with Crippen molar-refractivity contribution in [3.8, 4) is 17.2 Å². The van der Waals surface area contributed by atoms with Crippen LogP contribution in [0, 0.1) is 5.92 Å². The van der Waals surface area contributed by atoms with Gasteiger partial charge in [-0.05, 0) is 74.8 Å². The van der Waals surface area contributed by atoms with Gasteiger partial charge in [0.25, 0.3) is 0 Å². The van der Waals surface area contributed by atoms with Crippen LogP contribution in [0.2, 0.25) is 0 Å². The molecule has 2 aromatic rings. The molecular formula is C41H57F5O7. The Labute approximate surface area is 311 Å². The van der Waals surface area contributed by atoms with E-state index in [1.165, 1.54) is 0 Å². The molecule has 12 heteroatoms. The van der Waals surface area contributed by atoms with Gasteiger partial charge < -0.3 is 28.4 Å². The molecule has 0 saturated heterocycles. The molecule has 0 aromatic heterocycles. The quantitative estimate of drug-likeness (QED) is 0.0328. The molecule has 0 fully saturated rings. The number of hydrogen-bond acceptors (Lipinski definition) is 7. The van der Waals surface area contributed by atoms with Crippen molar-refractivity contribution in [1.82, 2.24) is 0 Å². The Hall–Kier alpha value is -3.38. The highest BCUT2D eigenvalue weighted by molar-refractivity contribution is 5.72. The van der Waals surface area contributed by atoms with Crippen molar-refractivity contribution in [3.05, 3.63) is 65.7 Å². The zero-order chi connectivity index (χ0) is 38.7. The maximum atomic E-state index is 13.1. The van der Waals surface area contributed by atoms with Crippen molar-refractivity contribution in [2.24, 2.45) is 5.92 Å². The van der Waals surface area contributed by atoms with Crippen LogP contribution < -0.4 is 14.2 Å². The van der Waals surface area contributed by atoms with Gasteiger partial charge in [0, 0.05) is 38.0 Å². The summed E-state index contributed by atoms with van der Waals surface area (Å²) >= 11 is 0. The Bertz CT molecular complexity index is 1380. The van der Waals surface area contributed by atoms with Gasteiger partial charge in [-0.2, -0.15) is 22.0 Å². The summed E-state index contributed by atoms with van der Waals surface area (Å²) in [5, 5.41) is 0. The molecule has 0 bridgehead atoms. The molecule has 0 spiro atoms. The molecule has 0 radical (unpaired) electrons. The average Bonchev–Trinajstić information content (AvgIpc) is 3.13. The van der Waals surface area contributed by atoms with Crippen molar-refractivity contribution < 1.29 is 55.2 Å². The highest BCUT2D eigenvalue weighted by Crippen LogP contribution is 2.49. The van der Waals surface area contributed by atoms with Crippen LogP contribution in [0.4, 0.5) is 22.0 Å². The standard InChI is InChI=1S/C41H57F5O7/c1-5-50-38(47)31(18-14-11-12-16-26-40(42,43)41(44,45)46)17-13-9-7-6-8-10-15-19-36-35-25-24-34(53-30-49-4)27-37(35)51-28-39(36,2)32-20-22-33(23-21-32)52-29-48-3/h10,15,20-25,27,31,36H,5-9,11-14,16-19,26,28-30H2,1-4H3. The second-order valence-electron chi connectivity index (χ2n) is 13.9. The molecule has 7 nitrogen and oxygen atoms in total. The molecule has 298 valence electrons. The normalized spacial score (nSPS) is 18.0. The Morgan fingerprint density at radius 3 is 2.08 bits per heavy atom. The first-order chi connectivity index (χ1) is 25.4. The number of ether oxygens (including phenoxy) is 6. The number of unbranched alkanes of at least 4 members (excludes halogenated alkanes) is 7. The van der Waals surface area contributed by atoms with E-state index < -0.39 is 18.5 Å². The van der Waals surface area contributed by atoms with Crippen molar-refractivity contribution in [1.29, 1.82) is 0 Å². The fraction of sp³-hybridized carbons (Fsp3) is 0.634. The van der Waals surface area contributed by atoms with Crippen LogP contribution in [-0.2, 0) is 24.4 Å². The third-order valence-electron chi connectivity index (χ3n) is 9.90. The number of esters is 1. The first kappa shape index (κ1) is 44.0. The first-order valence-corrected chi connectivity index (χ1v) is 18.7. The zero-order valence-electron chi connectivity index (χ0n) is 31.6. The molecule has 0 saturated carbocycles. The summed E-state index contributed by atoms with van der Waals surface area (Å²) < 4.78 is 96.3. The molecule has 1 aliphatic rings. The third-order valence-corrected chi connectivity index (χ3v) is 9.90. The minimum Gasteiger partial charge on any atom is -0.492 e. The Kier molecular flexibility index (Phi) is 18.4. The predicted molar refractivity (Wildman–Crippen MR) is 194 cm³/mol. The molecule has 0 amide bonds. The number of halogens is 5. The molecule has 1 heterocycles. The lowest BCUT2D eigenvalue weighted by atomic mass is 9.66. The third kappa shape index (κ3) is 13.8. The van der Waals surface area contributed by atoms with E-state index in [2.05, 4.69) is 37.3 Å². The van der Waals surface area contributed by atoms with E-state index in [-0.39, 0.29) is 56.3 Å². The summed E-state index contributed by atoms with van der Waals surface area (Å²) in [7, 11) is 3.17. The van der Waals surface area contributed by atoms with E-state index in [0.717, 1.165) is 61.2 Å². The number of allylic oxidation sites excluding steroid dienone is 2. The van der Waals surface area contributed by atoms with Gasteiger partial charge in [-0.1, -0.05) is 75.8 Å². The van der Waals surface area contributed by atoms with Gasteiger partial charge in [-0.3, -0.25) is 4.79 Å². The molecule has 3 rings (SSSR count). The number of carbonyl (C=O) groups is 1. The summed E-state index contributed by atoms with van der Waals surface area (Å²) in [5.74, 6) is -2.85. The van der Waals surface area contributed by atoms with Gasteiger partial charge >= 0.3 is 18.1 Å². The molecule has 3 unspecified atom stereocenters. The van der Waals surface area contributed by atoms with Gasteiger partial charge in [0.2, 0.25) is 0 Å². The van der Waals surface area contributed by atoms with Crippen LogP contribution in [0.1, 0.15) is 114 Å². The van der Waals surface area contributed by atoms with Gasteiger partial charge in [-0.15, -0.1) is 0 Å². The van der Waals surface area contributed by atoms with Crippen LogP contribution in [0.3, 0.4) is 0 Å². The number of rotatable bonds is 25. The molecular weight excluding hydrogens is 699 g/mol. The largest absolute Gasteiger partial charge is 0.492 e. The summed E-state index contributed by atoms with van der Waals surface area (Å²) in [4.78, 5) is 12.5. The molecule has 2 aromatic carbocycles. The van der Waals surface area contributed by atoms with E-state index in [4.69, 9.17) is 28.4 Å². The smallest absolute Gasteiger partial charge is 0.453 e. The summed E-state index contributed by atoms with van der Waals surface area (Å²) in [6.07, 6.45) is 5.68. The second kappa shape index (κ2) is 22.1. The highest BCUT2D eigenvalue weighted by atomic mass is 19.4. The summed E-state index contributed by atoms with van der Waals surface area (Å²) in [6.45, 7) is 5.08. The molecule has 3 atom stereocenters. The predicted octanol–water partition coefficient (Wildman–Crippen LogP) is 11.1. The van der Waals surface area contributed by atoms with Crippen molar-refractivity contribution in [2.75, 3.05) is 41.0 Å². The zero-order valence-corrected chi connectivity index (χ0v) is 31.6. The summed E-state index contributed by atoms with van der Waals surface area (Å²) in [5.41, 5.74) is 1.97. The number of benzene rings is 2. The van der Waals surface area contributed by atoms with Gasteiger partial charge in [0.05, 0.1) is 19.1 Å². The van der Waals surface area contributed by atoms with E-state index in [1.54, 1.807) is 21.1 Å². The Morgan fingerprint density at radius 2 is 1.45 bits per heavy atom. The molecule has 53 heavy (non-hydrogen) atoms. The number of hydrogen-bond donors (Lipinski definition) is 0. The molecule has 1 aliphatic heterocycles. The number of fused-ring (bicyclic) bond motifs is 1. The average molecular weight is 757 g/mol. The maximum absolute atomic E-state index is 13.1. The lowest BCUT2D eigenvalue weighted by molar-refractivity contribution is -0.284. The maximum Gasteiger partial charge on any atom is 0.453 e. The highest BCUT2D eigenvalue weighted by Gasteiger charge is 2.56. The van der Waals surface area contributed by atoms with Crippen molar-refractivity contribution in [2.45, 2.75) is 121 Å². The van der Waals surface area contributed by atoms with Crippen LogP contribution >= 0.6 is 0 Å². The van der Waals surface area contributed by atoms with Crippen molar-refractivity contribution in [3.63, 3.8) is 0 Å². The topological polar surface area (TPSA) is 72.5 Å². The SMILES string of the molecule is CCOC(=O)C(CCCCCCC=CCC1c2ccc(OCOC)cc2OCC1(C)c1ccc(OCOC)cc1)CCCCCCC(F)(F)C(F)(F)F. The lowest BCUT2D eigenvalue weighted by Gasteiger charge is -2.42. The van der Waals surface area contributed by atoms with E-state index in [0.29, 0.717) is 38.0 Å². The monoisotopic (exact) mass is 756 g/mol. The molecule has 0 aliphatic carbocycles. The number of alkyl halides is 5. The van der Waals surface area contributed by atoms with Crippen molar-refractivity contribution >= 4 is 5.97 Å². The van der Waals surface area contributed by atoms with E-state index in [1.807, 2.05) is 24.3 Å². The van der Waals surface area contributed by atoms with Gasteiger partial charge in [0.15, 0.2) is 13.6 Å².